The van der Waals surface area contributed by atoms with Crippen molar-refractivity contribution in [3.63, 3.8) is 0 Å². The molecular formula is C15H28F3IN4. The molecule has 0 spiro atoms. The monoisotopic (exact) mass is 448 g/mol. The number of alkyl halides is 3. The molecule has 23 heavy (non-hydrogen) atoms. The largest absolute Gasteiger partial charge is 0.401 e. The SMILES string of the molecule is CCC1(CNC(=NC)NC2CCN(CC(F)(F)F)C2)CCC1.I. The molecule has 2 N–H and O–H groups in total. The summed E-state index contributed by atoms with van der Waals surface area (Å²) in [5.74, 6) is 0.707. The number of guanidine groups is 1. The number of hydrogen-bond donors (Lipinski definition) is 2. The first-order valence-corrected chi connectivity index (χ1v) is 8.12. The number of nitrogens with zero attached hydrogens (tertiary/aromatic N) is 2. The number of rotatable bonds is 5. The van der Waals surface area contributed by atoms with E-state index in [1.165, 1.54) is 24.2 Å². The first kappa shape index (κ1) is 20.8. The highest BCUT2D eigenvalue weighted by atomic mass is 127. The molecule has 1 atom stereocenters. The molecule has 4 nitrogen and oxygen atoms in total. The number of aliphatic imine (C=N–C) groups is 1. The van der Waals surface area contributed by atoms with Crippen molar-refractivity contribution in [1.29, 1.82) is 0 Å². The topological polar surface area (TPSA) is 39.7 Å². The van der Waals surface area contributed by atoms with E-state index in [1.807, 2.05) is 0 Å². The Morgan fingerprint density at radius 2 is 2.04 bits per heavy atom. The Kier molecular flexibility index (Phi) is 7.89. The van der Waals surface area contributed by atoms with Gasteiger partial charge in [0, 0.05) is 32.7 Å². The van der Waals surface area contributed by atoms with Gasteiger partial charge in [-0.05, 0) is 31.1 Å². The minimum atomic E-state index is -4.12. The smallest absolute Gasteiger partial charge is 0.356 e. The van der Waals surface area contributed by atoms with Gasteiger partial charge in [0.15, 0.2) is 5.96 Å². The molecule has 0 radical (unpaired) electrons. The van der Waals surface area contributed by atoms with Crippen molar-refractivity contribution in [2.24, 2.45) is 10.4 Å². The van der Waals surface area contributed by atoms with Crippen LogP contribution >= 0.6 is 24.0 Å². The van der Waals surface area contributed by atoms with E-state index in [4.69, 9.17) is 0 Å². The second kappa shape index (κ2) is 8.73. The van der Waals surface area contributed by atoms with Crippen molar-refractivity contribution in [2.45, 2.75) is 51.2 Å². The molecule has 0 amide bonds. The molecule has 0 aromatic rings. The Hall–Kier alpha value is -0.250. The van der Waals surface area contributed by atoms with Gasteiger partial charge in [-0.3, -0.25) is 9.89 Å². The second-order valence-electron chi connectivity index (χ2n) is 6.61. The van der Waals surface area contributed by atoms with Gasteiger partial charge < -0.3 is 10.6 Å². The Balaban J connectivity index is 0.00000264. The highest BCUT2D eigenvalue weighted by Gasteiger charge is 2.36. The van der Waals surface area contributed by atoms with E-state index in [0.717, 1.165) is 19.4 Å². The molecule has 1 unspecified atom stereocenters. The fourth-order valence-electron chi connectivity index (χ4n) is 3.34. The van der Waals surface area contributed by atoms with E-state index in [2.05, 4.69) is 22.5 Å². The number of halogens is 4. The van der Waals surface area contributed by atoms with Gasteiger partial charge in [0.2, 0.25) is 0 Å². The van der Waals surface area contributed by atoms with Crippen molar-refractivity contribution >= 4 is 29.9 Å². The van der Waals surface area contributed by atoms with Crippen LogP contribution in [0, 0.1) is 5.41 Å². The van der Waals surface area contributed by atoms with E-state index in [9.17, 15) is 13.2 Å². The third-order valence-electron chi connectivity index (χ3n) is 5.03. The predicted octanol–water partition coefficient (Wildman–Crippen LogP) is 2.99. The van der Waals surface area contributed by atoms with E-state index in [1.54, 1.807) is 7.05 Å². The fourth-order valence-corrected chi connectivity index (χ4v) is 3.34. The zero-order valence-corrected chi connectivity index (χ0v) is 16.2. The maximum absolute atomic E-state index is 12.4. The average Bonchev–Trinajstić information content (AvgIpc) is 2.81. The molecule has 1 aliphatic carbocycles. The maximum atomic E-state index is 12.4. The summed E-state index contributed by atoms with van der Waals surface area (Å²) in [4.78, 5) is 5.65. The van der Waals surface area contributed by atoms with E-state index in [0.29, 0.717) is 24.5 Å². The molecule has 2 aliphatic rings. The quantitative estimate of drug-likeness (QED) is 0.386. The third kappa shape index (κ3) is 6.28. The minimum absolute atomic E-state index is 0. The van der Waals surface area contributed by atoms with Gasteiger partial charge >= 0.3 is 6.18 Å². The van der Waals surface area contributed by atoms with Crippen LogP contribution in [0.2, 0.25) is 0 Å². The maximum Gasteiger partial charge on any atom is 0.401 e. The van der Waals surface area contributed by atoms with Crippen LogP contribution < -0.4 is 10.6 Å². The Bertz CT molecular complexity index is 391. The van der Waals surface area contributed by atoms with Crippen LogP contribution in [0.4, 0.5) is 13.2 Å². The highest BCUT2D eigenvalue weighted by molar-refractivity contribution is 14.0. The van der Waals surface area contributed by atoms with Crippen LogP contribution in [0.25, 0.3) is 0 Å². The van der Waals surface area contributed by atoms with Gasteiger partial charge in [0.25, 0.3) is 0 Å². The number of hydrogen-bond acceptors (Lipinski definition) is 2. The summed E-state index contributed by atoms with van der Waals surface area (Å²) in [5, 5.41) is 6.61. The highest BCUT2D eigenvalue weighted by Crippen LogP contribution is 2.42. The molecule has 1 heterocycles. The lowest BCUT2D eigenvalue weighted by Crippen LogP contribution is -2.49. The molecular weight excluding hydrogens is 420 g/mol. The van der Waals surface area contributed by atoms with Gasteiger partial charge in [0.1, 0.15) is 0 Å². The number of likely N-dealkylation sites (tertiary alicyclic amines) is 1. The van der Waals surface area contributed by atoms with Gasteiger partial charge in [0.05, 0.1) is 6.54 Å². The molecule has 2 fully saturated rings. The van der Waals surface area contributed by atoms with Gasteiger partial charge in [-0.25, -0.2) is 0 Å². The van der Waals surface area contributed by atoms with Crippen LogP contribution in [-0.2, 0) is 0 Å². The zero-order valence-electron chi connectivity index (χ0n) is 13.9. The molecule has 2 rings (SSSR count). The molecule has 0 aromatic heterocycles. The first-order valence-electron chi connectivity index (χ1n) is 8.12. The Morgan fingerprint density at radius 1 is 1.35 bits per heavy atom. The van der Waals surface area contributed by atoms with Crippen molar-refractivity contribution in [2.75, 3.05) is 33.2 Å². The molecule has 1 aliphatic heterocycles. The standard InChI is InChI=1S/C15H27F3N4.HI/c1-3-14(6-4-7-14)10-20-13(19-2)21-12-5-8-22(9-12)11-15(16,17)18;/h12H,3-11H2,1-2H3,(H2,19,20,21);1H. The van der Waals surface area contributed by atoms with Gasteiger partial charge in [-0.15, -0.1) is 24.0 Å². The second-order valence-corrected chi connectivity index (χ2v) is 6.61. The van der Waals surface area contributed by atoms with Crippen molar-refractivity contribution in [3.05, 3.63) is 0 Å². The lowest BCUT2D eigenvalue weighted by molar-refractivity contribution is -0.143. The Labute approximate surface area is 153 Å². The number of nitrogens with one attached hydrogen (secondary N) is 2. The average molecular weight is 448 g/mol. The summed E-state index contributed by atoms with van der Waals surface area (Å²) in [5.41, 5.74) is 0.385. The summed E-state index contributed by atoms with van der Waals surface area (Å²) < 4.78 is 37.2. The molecule has 1 saturated heterocycles. The summed E-state index contributed by atoms with van der Waals surface area (Å²) in [6.45, 7) is 3.17. The normalized spacial score (nSPS) is 24.7. The van der Waals surface area contributed by atoms with Gasteiger partial charge in [-0.1, -0.05) is 13.3 Å². The summed E-state index contributed by atoms with van der Waals surface area (Å²) in [7, 11) is 1.71. The van der Waals surface area contributed by atoms with Crippen LogP contribution in [-0.4, -0.2) is 56.3 Å². The molecule has 1 saturated carbocycles. The summed E-state index contributed by atoms with van der Waals surface area (Å²) in [6.07, 6.45) is 1.53. The lowest BCUT2D eigenvalue weighted by Gasteiger charge is -2.41. The zero-order chi connectivity index (χ0) is 16.2. The van der Waals surface area contributed by atoms with Crippen LogP contribution in [0.15, 0.2) is 4.99 Å². The van der Waals surface area contributed by atoms with Crippen LogP contribution in [0.5, 0.6) is 0 Å². The van der Waals surface area contributed by atoms with E-state index < -0.39 is 12.7 Å². The molecule has 136 valence electrons. The summed E-state index contributed by atoms with van der Waals surface area (Å²) in [6, 6.07) is 0.0347. The third-order valence-corrected chi connectivity index (χ3v) is 5.03. The Morgan fingerprint density at radius 3 is 2.52 bits per heavy atom. The fraction of sp³-hybridized carbons (Fsp3) is 0.933. The first-order chi connectivity index (χ1) is 10.4. The van der Waals surface area contributed by atoms with Crippen molar-refractivity contribution in [3.8, 4) is 0 Å². The molecule has 0 bridgehead atoms. The molecule has 0 aromatic carbocycles. The van der Waals surface area contributed by atoms with Crippen molar-refractivity contribution < 1.29 is 13.2 Å². The van der Waals surface area contributed by atoms with E-state index >= 15 is 0 Å². The van der Waals surface area contributed by atoms with E-state index in [-0.39, 0.29) is 30.0 Å². The van der Waals surface area contributed by atoms with Gasteiger partial charge in [-0.2, -0.15) is 13.2 Å². The van der Waals surface area contributed by atoms with Crippen LogP contribution in [0.3, 0.4) is 0 Å². The van der Waals surface area contributed by atoms with Crippen LogP contribution in [0.1, 0.15) is 39.0 Å². The summed E-state index contributed by atoms with van der Waals surface area (Å²) >= 11 is 0. The molecule has 8 heteroatoms. The lowest BCUT2D eigenvalue weighted by atomic mass is 9.67. The van der Waals surface area contributed by atoms with Crippen molar-refractivity contribution in [1.82, 2.24) is 15.5 Å². The predicted molar refractivity (Wildman–Crippen MR) is 97.4 cm³/mol. The minimum Gasteiger partial charge on any atom is -0.356 e.